The van der Waals surface area contributed by atoms with E-state index in [1.807, 2.05) is 0 Å². The van der Waals surface area contributed by atoms with Crippen LogP contribution < -0.4 is 0 Å². The van der Waals surface area contributed by atoms with E-state index in [9.17, 15) is 4.79 Å². The van der Waals surface area contributed by atoms with E-state index in [2.05, 4.69) is 0 Å². The third kappa shape index (κ3) is 0.930. The first-order valence-electron chi connectivity index (χ1n) is 3.68. The van der Waals surface area contributed by atoms with Gasteiger partial charge in [-0.25, -0.2) is 0 Å². The zero-order valence-corrected chi connectivity index (χ0v) is 7.36. The number of carbonyl (C=O) groups excluding carboxylic acids is 1. The Morgan fingerprint density at radius 2 is 2.27 bits per heavy atom. The first-order valence-corrected chi connectivity index (χ1v) is 4.43. The third-order valence-electron chi connectivity index (χ3n) is 2.37. The number of ketones is 1. The van der Waals surface area contributed by atoms with E-state index < -0.39 is 4.33 Å². The first kappa shape index (κ1) is 7.84. The van der Waals surface area contributed by atoms with Crippen molar-refractivity contribution in [1.29, 1.82) is 0 Å². The van der Waals surface area contributed by atoms with Crippen molar-refractivity contribution in [1.82, 2.24) is 0 Å². The van der Waals surface area contributed by atoms with Crippen molar-refractivity contribution in [3.63, 3.8) is 0 Å². The van der Waals surface area contributed by atoms with Crippen LogP contribution in [0, 0.1) is 5.92 Å². The summed E-state index contributed by atoms with van der Waals surface area (Å²) in [6.07, 6.45) is 1.55. The second-order valence-electron chi connectivity index (χ2n) is 3.03. The molecule has 2 nitrogen and oxygen atoms in total. The minimum Gasteiger partial charge on any atom is -0.370 e. The molecule has 4 heteroatoms. The standard InChI is InChI=1S/C7H8Cl2O2/c8-7(9)4-2-1-3-11-5(4)6(7)10/h4-5H,1-3H2/t4-,5-/m1/s1. The predicted molar refractivity (Wildman–Crippen MR) is 41.9 cm³/mol. The molecule has 0 amide bonds. The fourth-order valence-electron chi connectivity index (χ4n) is 1.69. The summed E-state index contributed by atoms with van der Waals surface area (Å²) in [5, 5.41) is 0. The molecule has 0 aromatic heterocycles. The Kier molecular flexibility index (Phi) is 1.67. The molecule has 62 valence electrons. The van der Waals surface area contributed by atoms with Crippen molar-refractivity contribution >= 4 is 29.0 Å². The molecule has 1 saturated carbocycles. The minimum absolute atomic E-state index is 0.0343. The first-order chi connectivity index (χ1) is 5.14. The molecule has 2 rings (SSSR count). The summed E-state index contributed by atoms with van der Waals surface area (Å²) in [6, 6.07) is 0. The molecule has 2 atom stereocenters. The van der Waals surface area contributed by atoms with Gasteiger partial charge < -0.3 is 4.74 Å². The van der Waals surface area contributed by atoms with Gasteiger partial charge in [-0.2, -0.15) is 0 Å². The summed E-state index contributed by atoms with van der Waals surface area (Å²) < 4.78 is 4.06. The van der Waals surface area contributed by atoms with Crippen LogP contribution in [0.25, 0.3) is 0 Å². The Labute approximate surface area is 74.8 Å². The fraction of sp³-hybridized carbons (Fsp3) is 0.857. The van der Waals surface area contributed by atoms with Crippen LogP contribution in [0.2, 0.25) is 0 Å². The molecule has 0 radical (unpaired) electrons. The molecule has 0 aromatic rings. The molecule has 0 unspecified atom stereocenters. The number of alkyl halides is 2. The van der Waals surface area contributed by atoms with Crippen LogP contribution in [0.1, 0.15) is 12.8 Å². The minimum atomic E-state index is -1.15. The smallest absolute Gasteiger partial charge is 0.198 e. The quantitative estimate of drug-likeness (QED) is 0.548. The number of halogens is 2. The van der Waals surface area contributed by atoms with Gasteiger partial charge in [0.1, 0.15) is 6.10 Å². The number of carbonyl (C=O) groups is 1. The number of hydrogen-bond acceptors (Lipinski definition) is 2. The van der Waals surface area contributed by atoms with Gasteiger partial charge >= 0.3 is 0 Å². The molecule has 2 fully saturated rings. The largest absolute Gasteiger partial charge is 0.370 e. The molecular weight excluding hydrogens is 187 g/mol. The molecule has 11 heavy (non-hydrogen) atoms. The van der Waals surface area contributed by atoms with Gasteiger partial charge in [0.05, 0.1) is 0 Å². The maximum atomic E-state index is 11.1. The molecule has 1 aliphatic carbocycles. The average molecular weight is 195 g/mol. The van der Waals surface area contributed by atoms with Crippen molar-refractivity contribution < 1.29 is 9.53 Å². The van der Waals surface area contributed by atoms with Crippen LogP contribution in [0.3, 0.4) is 0 Å². The number of ether oxygens (including phenoxy) is 1. The summed E-state index contributed by atoms with van der Waals surface area (Å²) in [6.45, 7) is 0.663. The molecule has 1 saturated heterocycles. The van der Waals surface area contributed by atoms with E-state index in [0.717, 1.165) is 12.8 Å². The van der Waals surface area contributed by atoms with Crippen molar-refractivity contribution in [3.05, 3.63) is 0 Å². The summed E-state index contributed by atoms with van der Waals surface area (Å²) >= 11 is 11.5. The van der Waals surface area contributed by atoms with Gasteiger partial charge in [-0.1, -0.05) is 23.2 Å². The van der Waals surface area contributed by atoms with Crippen LogP contribution >= 0.6 is 23.2 Å². The highest BCUT2D eigenvalue weighted by Gasteiger charge is 2.61. The highest BCUT2D eigenvalue weighted by molar-refractivity contribution is 6.61. The fourth-order valence-corrected chi connectivity index (χ4v) is 2.35. The highest BCUT2D eigenvalue weighted by atomic mass is 35.5. The Bertz CT molecular complexity index is 203. The van der Waals surface area contributed by atoms with Gasteiger partial charge in [0, 0.05) is 12.5 Å². The summed E-state index contributed by atoms with van der Waals surface area (Å²) in [5.41, 5.74) is 0. The molecular formula is C7H8Cl2O2. The Hall–Kier alpha value is 0.210. The van der Waals surface area contributed by atoms with E-state index in [-0.39, 0.29) is 17.8 Å². The maximum absolute atomic E-state index is 11.1. The number of rotatable bonds is 0. The molecule has 0 bridgehead atoms. The van der Waals surface area contributed by atoms with Crippen molar-refractivity contribution in [2.45, 2.75) is 23.3 Å². The van der Waals surface area contributed by atoms with Gasteiger partial charge in [0.2, 0.25) is 0 Å². The predicted octanol–water partition coefficient (Wildman–Crippen LogP) is 1.54. The van der Waals surface area contributed by atoms with Crippen LogP contribution in [0.4, 0.5) is 0 Å². The van der Waals surface area contributed by atoms with Gasteiger partial charge in [0.15, 0.2) is 10.1 Å². The number of fused-ring (bicyclic) bond motifs is 1. The lowest BCUT2D eigenvalue weighted by Gasteiger charge is -2.47. The topological polar surface area (TPSA) is 26.3 Å². The molecule has 0 aromatic carbocycles. The number of hydrogen-bond donors (Lipinski definition) is 0. The molecule has 0 N–H and O–H groups in total. The number of Topliss-reactive ketones (excluding diaryl/α,β-unsaturated/α-hetero) is 1. The van der Waals surface area contributed by atoms with E-state index in [1.165, 1.54) is 0 Å². The Morgan fingerprint density at radius 1 is 1.55 bits per heavy atom. The summed E-state index contributed by atoms with van der Waals surface area (Å²) in [5.74, 6) is -0.127. The van der Waals surface area contributed by atoms with Crippen molar-refractivity contribution in [2.24, 2.45) is 5.92 Å². The SMILES string of the molecule is O=C1[C@@H]2OCCC[C@H]2C1(Cl)Cl. The van der Waals surface area contributed by atoms with Crippen molar-refractivity contribution in [2.75, 3.05) is 6.61 Å². The zero-order valence-electron chi connectivity index (χ0n) is 5.85. The second-order valence-corrected chi connectivity index (χ2v) is 4.41. The van der Waals surface area contributed by atoms with Crippen LogP contribution in [-0.2, 0) is 9.53 Å². The maximum Gasteiger partial charge on any atom is 0.198 e. The van der Waals surface area contributed by atoms with Gasteiger partial charge in [-0.15, -0.1) is 0 Å². The average Bonchev–Trinajstić information content (AvgIpc) is 2.04. The van der Waals surface area contributed by atoms with E-state index >= 15 is 0 Å². The molecule has 1 heterocycles. The lowest BCUT2D eigenvalue weighted by Crippen LogP contribution is -2.62. The van der Waals surface area contributed by atoms with Crippen LogP contribution in [0.5, 0.6) is 0 Å². The second kappa shape index (κ2) is 2.35. The molecule has 2 aliphatic rings. The van der Waals surface area contributed by atoms with E-state index in [1.54, 1.807) is 0 Å². The van der Waals surface area contributed by atoms with Gasteiger partial charge in [0.25, 0.3) is 0 Å². The lowest BCUT2D eigenvalue weighted by molar-refractivity contribution is -0.157. The van der Waals surface area contributed by atoms with Crippen LogP contribution in [-0.4, -0.2) is 22.8 Å². The summed E-state index contributed by atoms with van der Waals surface area (Å²) in [4.78, 5) is 11.1. The molecule has 0 spiro atoms. The third-order valence-corrected chi connectivity index (χ3v) is 3.31. The lowest BCUT2D eigenvalue weighted by atomic mass is 9.75. The Balaban J connectivity index is 2.15. The monoisotopic (exact) mass is 194 g/mol. The Morgan fingerprint density at radius 3 is 2.91 bits per heavy atom. The highest BCUT2D eigenvalue weighted by Crippen LogP contribution is 2.50. The zero-order chi connectivity index (χ0) is 8.06. The van der Waals surface area contributed by atoms with E-state index in [0.29, 0.717) is 6.61 Å². The van der Waals surface area contributed by atoms with E-state index in [4.69, 9.17) is 27.9 Å². The van der Waals surface area contributed by atoms with Gasteiger partial charge in [-0.3, -0.25) is 4.79 Å². The van der Waals surface area contributed by atoms with Crippen LogP contribution in [0.15, 0.2) is 0 Å². The molecule has 1 aliphatic heterocycles. The normalized spacial score (nSPS) is 41.1. The summed E-state index contributed by atoms with van der Waals surface area (Å²) in [7, 11) is 0. The van der Waals surface area contributed by atoms with Crippen molar-refractivity contribution in [3.8, 4) is 0 Å². The van der Waals surface area contributed by atoms with Gasteiger partial charge in [-0.05, 0) is 12.8 Å².